The first-order valence-electron chi connectivity index (χ1n) is 6.78. The third kappa shape index (κ3) is 5.50. The second-order valence-corrected chi connectivity index (χ2v) is 4.94. The van der Waals surface area contributed by atoms with E-state index >= 15 is 0 Å². The predicted molar refractivity (Wildman–Crippen MR) is 70.5 cm³/mol. The summed E-state index contributed by atoms with van der Waals surface area (Å²) in [5.41, 5.74) is -0.593. The number of rotatable bonds is 1. The first-order chi connectivity index (χ1) is 7.77. The van der Waals surface area contributed by atoms with Gasteiger partial charge in [-0.3, -0.25) is 0 Å². The molecule has 1 unspecified atom stereocenters. The van der Waals surface area contributed by atoms with E-state index in [0.29, 0.717) is 0 Å². The van der Waals surface area contributed by atoms with E-state index in [1.807, 2.05) is 19.1 Å². The quantitative estimate of drug-likeness (QED) is 0.653. The fraction of sp³-hybridized carbons (Fsp3) is 0.733. The maximum Gasteiger partial charge on any atom is 0.0861 e. The first-order valence-corrected chi connectivity index (χ1v) is 6.78. The third-order valence-corrected chi connectivity index (χ3v) is 3.35. The molecule has 0 aromatic heterocycles. The van der Waals surface area contributed by atoms with Gasteiger partial charge in [0.1, 0.15) is 0 Å². The lowest BCUT2D eigenvalue weighted by Gasteiger charge is -2.23. The summed E-state index contributed by atoms with van der Waals surface area (Å²) in [5, 5.41) is 10.4. The van der Waals surface area contributed by atoms with Gasteiger partial charge in [0.25, 0.3) is 0 Å². The monoisotopic (exact) mass is 222 g/mol. The molecular weight excluding hydrogens is 196 g/mol. The molecule has 1 N–H and O–H groups in total. The van der Waals surface area contributed by atoms with Crippen LogP contribution >= 0.6 is 0 Å². The lowest BCUT2D eigenvalue weighted by Crippen LogP contribution is -2.24. The van der Waals surface area contributed by atoms with E-state index in [9.17, 15) is 5.11 Å². The SMILES string of the molecule is CC=CC1(O)CC=CCCCCCCCC1. The van der Waals surface area contributed by atoms with Crippen LogP contribution in [0.25, 0.3) is 0 Å². The summed E-state index contributed by atoms with van der Waals surface area (Å²) in [7, 11) is 0. The molecule has 0 fully saturated rings. The molecule has 0 saturated heterocycles. The number of hydrogen-bond donors (Lipinski definition) is 1. The number of allylic oxidation sites excluding steroid dienone is 2. The minimum atomic E-state index is -0.593. The van der Waals surface area contributed by atoms with Gasteiger partial charge in [-0.2, -0.15) is 0 Å². The van der Waals surface area contributed by atoms with Gasteiger partial charge >= 0.3 is 0 Å². The molecule has 1 aliphatic rings. The minimum absolute atomic E-state index is 0.593. The molecule has 0 radical (unpaired) electrons. The van der Waals surface area contributed by atoms with Crippen LogP contribution in [0.3, 0.4) is 0 Å². The molecule has 1 aliphatic carbocycles. The molecule has 92 valence electrons. The van der Waals surface area contributed by atoms with E-state index in [2.05, 4.69) is 12.2 Å². The summed E-state index contributed by atoms with van der Waals surface area (Å²) >= 11 is 0. The van der Waals surface area contributed by atoms with Gasteiger partial charge in [-0.25, -0.2) is 0 Å². The van der Waals surface area contributed by atoms with Gasteiger partial charge in [-0.05, 0) is 32.6 Å². The molecule has 0 heterocycles. The molecule has 0 amide bonds. The highest BCUT2D eigenvalue weighted by molar-refractivity contribution is 5.04. The highest BCUT2D eigenvalue weighted by Crippen LogP contribution is 2.23. The summed E-state index contributed by atoms with van der Waals surface area (Å²) in [6, 6.07) is 0. The van der Waals surface area contributed by atoms with E-state index in [1.165, 1.54) is 38.5 Å². The average Bonchev–Trinajstić information content (AvgIpc) is 2.24. The summed E-state index contributed by atoms with van der Waals surface area (Å²) in [5.74, 6) is 0. The van der Waals surface area contributed by atoms with E-state index in [-0.39, 0.29) is 0 Å². The van der Waals surface area contributed by atoms with Crippen LogP contribution in [0.15, 0.2) is 24.3 Å². The molecule has 0 aromatic rings. The van der Waals surface area contributed by atoms with Crippen molar-refractivity contribution >= 4 is 0 Å². The van der Waals surface area contributed by atoms with Crippen LogP contribution in [-0.2, 0) is 0 Å². The fourth-order valence-electron chi connectivity index (χ4n) is 2.37. The van der Waals surface area contributed by atoms with Gasteiger partial charge < -0.3 is 5.11 Å². The number of hydrogen-bond acceptors (Lipinski definition) is 1. The Hall–Kier alpha value is -0.560. The molecule has 1 heteroatoms. The van der Waals surface area contributed by atoms with Crippen molar-refractivity contribution in [3.63, 3.8) is 0 Å². The van der Waals surface area contributed by atoms with E-state index in [0.717, 1.165) is 19.3 Å². The van der Waals surface area contributed by atoms with Crippen LogP contribution in [0.5, 0.6) is 0 Å². The van der Waals surface area contributed by atoms with Crippen molar-refractivity contribution in [2.75, 3.05) is 0 Å². The molecule has 0 spiro atoms. The molecule has 16 heavy (non-hydrogen) atoms. The van der Waals surface area contributed by atoms with Crippen LogP contribution in [0, 0.1) is 0 Å². The maximum absolute atomic E-state index is 10.4. The van der Waals surface area contributed by atoms with Crippen LogP contribution in [0.2, 0.25) is 0 Å². The normalized spacial score (nSPS) is 29.9. The van der Waals surface area contributed by atoms with E-state index in [4.69, 9.17) is 0 Å². The largest absolute Gasteiger partial charge is 0.385 e. The Balaban J connectivity index is 2.52. The van der Waals surface area contributed by atoms with Gasteiger partial charge in [-0.1, -0.05) is 56.4 Å². The molecule has 0 saturated carbocycles. The topological polar surface area (TPSA) is 20.2 Å². The van der Waals surface area contributed by atoms with Gasteiger partial charge in [0, 0.05) is 0 Å². The van der Waals surface area contributed by atoms with Crippen molar-refractivity contribution in [2.45, 2.75) is 70.3 Å². The fourth-order valence-corrected chi connectivity index (χ4v) is 2.37. The lowest BCUT2D eigenvalue weighted by atomic mass is 9.91. The minimum Gasteiger partial charge on any atom is -0.385 e. The Morgan fingerprint density at radius 3 is 2.44 bits per heavy atom. The van der Waals surface area contributed by atoms with Crippen molar-refractivity contribution in [3.8, 4) is 0 Å². The Kier molecular flexibility index (Phi) is 6.47. The van der Waals surface area contributed by atoms with Crippen LogP contribution < -0.4 is 0 Å². The van der Waals surface area contributed by atoms with Crippen molar-refractivity contribution in [1.82, 2.24) is 0 Å². The Morgan fingerprint density at radius 1 is 1.00 bits per heavy atom. The number of aliphatic hydroxyl groups is 1. The molecule has 0 aliphatic heterocycles. The maximum atomic E-state index is 10.4. The Bertz CT molecular complexity index is 230. The molecule has 1 nitrogen and oxygen atoms in total. The van der Waals surface area contributed by atoms with Gasteiger partial charge in [0.2, 0.25) is 0 Å². The highest BCUT2D eigenvalue weighted by Gasteiger charge is 2.20. The van der Waals surface area contributed by atoms with E-state index in [1.54, 1.807) is 0 Å². The zero-order valence-electron chi connectivity index (χ0n) is 10.6. The summed E-state index contributed by atoms with van der Waals surface area (Å²) < 4.78 is 0. The second kappa shape index (κ2) is 7.67. The summed E-state index contributed by atoms with van der Waals surface area (Å²) in [6.45, 7) is 1.98. The summed E-state index contributed by atoms with van der Waals surface area (Å²) in [6.07, 6.45) is 18.9. The second-order valence-electron chi connectivity index (χ2n) is 4.94. The third-order valence-electron chi connectivity index (χ3n) is 3.35. The van der Waals surface area contributed by atoms with Crippen LogP contribution in [-0.4, -0.2) is 10.7 Å². The predicted octanol–water partition coefficient (Wildman–Crippen LogP) is 4.37. The van der Waals surface area contributed by atoms with E-state index < -0.39 is 5.60 Å². The molecule has 1 atom stereocenters. The van der Waals surface area contributed by atoms with Crippen LogP contribution in [0.1, 0.15) is 64.7 Å². The zero-order valence-corrected chi connectivity index (χ0v) is 10.6. The summed E-state index contributed by atoms with van der Waals surface area (Å²) in [4.78, 5) is 0. The standard InChI is InChI=1S/C15H26O/c1-2-12-15(16)13-10-8-6-4-3-5-7-9-11-14-15/h2,8,10,12,16H,3-7,9,11,13-14H2,1H3. The molecule has 0 bridgehead atoms. The van der Waals surface area contributed by atoms with Gasteiger partial charge in [0.05, 0.1) is 5.60 Å². The molecular formula is C15H26O. The first kappa shape index (κ1) is 13.5. The van der Waals surface area contributed by atoms with Crippen LogP contribution in [0.4, 0.5) is 0 Å². The molecule has 1 rings (SSSR count). The smallest absolute Gasteiger partial charge is 0.0861 e. The highest BCUT2D eigenvalue weighted by atomic mass is 16.3. The Labute approximate surface area is 100 Å². The lowest BCUT2D eigenvalue weighted by molar-refractivity contribution is 0.0812. The van der Waals surface area contributed by atoms with Crippen molar-refractivity contribution < 1.29 is 5.11 Å². The van der Waals surface area contributed by atoms with Crippen molar-refractivity contribution in [2.24, 2.45) is 0 Å². The van der Waals surface area contributed by atoms with Crippen molar-refractivity contribution in [3.05, 3.63) is 24.3 Å². The van der Waals surface area contributed by atoms with Gasteiger partial charge in [0.15, 0.2) is 0 Å². The molecule has 0 aromatic carbocycles. The van der Waals surface area contributed by atoms with Gasteiger partial charge in [-0.15, -0.1) is 0 Å². The van der Waals surface area contributed by atoms with Crippen molar-refractivity contribution in [1.29, 1.82) is 0 Å². The Morgan fingerprint density at radius 2 is 1.69 bits per heavy atom. The zero-order chi connectivity index (χ0) is 11.7. The average molecular weight is 222 g/mol.